The van der Waals surface area contributed by atoms with Crippen LogP contribution in [0.3, 0.4) is 0 Å². The standard InChI is InChI=1S/C16H14ClN3O5S/c1-3-25-15(23)10-5-4-9(6-11(10)17)8-18-20-16-19-14(22)12(26-16)7-13(21)24-2/h4-8H,3H2,1-2H3,(H,19,20,22)/b12-7+,18-8?. The lowest BCUT2D eigenvalue weighted by molar-refractivity contribution is -0.135. The van der Waals surface area contributed by atoms with Crippen molar-refractivity contribution in [3.8, 4) is 0 Å². The zero-order valence-corrected chi connectivity index (χ0v) is 15.4. The largest absolute Gasteiger partial charge is 0.466 e. The van der Waals surface area contributed by atoms with Crippen LogP contribution in [0.2, 0.25) is 5.02 Å². The molecule has 0 spiro atoms. The van der Waals surface area contributed by atoms with E-state index in [1.807, 2.05) is 0 Å². The van der Waals surface area contributed by atoms with Crippen LogP contribution in [0.5, 0.6) is 0 Å². The first-order valence-electron chi connectivity index (χ1n) is 7.31. The van der Waals surface area contributed by atoms with Crippen LogP contribution >= 0.6 is 23.4 Å². The van der Waals surface area contributed by atoms with Gasteiger partial charge in [-0.3, -0.25) is 10.1 Å². The van der Waals surface area contributed by atoms with Crippen molar-refractivity contribution in [3.05, 3.63) is 45.3 Å². The number of thioether (sulfide) groups is 1. The van der Waals surface area contributed by atoms with Crippen molar-refractivity contribution in [2.24, 2.45) is 10.2 Å². The summed E-state index contributed by atoms with van der Waals surface area (Å²) < 4.78 is 9.36. The van der Waals surface area contributed by atoms with Gasteiger partial charge in [-0.2, -0.15) is 5.10 Å². The molecule has 1 aromatic carbocycles. The molecule has 2 rings (SSSR count). The maximum atomic E-state index is 11.7. The third-order valence-corrected chi connectivity index (χ3v) is 4.16. The number of methoxy groups -OCH3 is 1. The number of amides is 1. The van der Waals surface area contributed by atoms with Crippen molar-refractivity contribution in [2.45, 2.75) is 6.92 Å². The van der Waals surface area contributed by atoms with Crippen molar-refractivity contribution in [1.82, 2.24) is 5.32 Å². The Morgan fingerprint density at radius 2 is 2.15 bits per heavy atom. The fourth-order valence-electron chi connectivity index (χ4n) is 1.78. The van der Waals surface area contributed by atoms with Gasteiger partial charge in [-0.1, -0.05) is 17.7 Å². The van der Waals surface area contributed by atoms with E-state index in [0.29, 0.717) is 5.56 Å². The summed E-state index contributed by atoms with van der Waals surface area (Å²) in [6.07, 6.45) is 2.47. The fraction of sp³-hybridized carbons (Fsp3) is 0.188. The van der Waals surface area contributed by atoms with E-state index in [-0.39, 0.29) is 27.3 Å². The summed E-state index contributed by atoms with van der Waals surface area (Å²) >= 11 is 7.02. The molecule has 1 N–H and O–H groups in total. The Morgan fingerprint density at radius 3 is 2.81 bits per heavy atom. The van der Waals surface area contributed by atoms with Crippen LogP contribution in [-0.2, 0) is 19.1 Å². The van der Waals surface area contributed by atoms with Crippen LogP contribution < -0.4 is 5.32 Å². The normalized spacial score (nSPS) is 17.0. The summed E-state index contributed by atoms with van der Waals surface area (Å²) in [5.74, 6) is -1.60. The SMILES string of the molecule is CCOC(=O)c1ccc(C=N/N=C2/NC(=O)/C(=C\C(=O)OC)S2)cc1Cl. The number of hydrogen-bond donors (Lipinski definition) is 1. The first-order chi connectivity index (χ1) is 12.4. The molecule has 1 saturated heterocycles. The van der Waals surface area contributed by atoms with E-state index in [4.69, 9.17) is 16.3 Å². The molecular formula is C16H14ClN3O5S. The smallest absolute Gasteiger partial charge is 0.339 e. The molecule has 26 heavy (non-hydrogen) atoms. The summed E-state index contributed by atoms with van der Waals surface area (Å²) in [5, 5.41) is 10.6. The van der Waals surface area contributed by atoms with Crippen molar-refractivity contribution in [3.63, 3.8) is 0 Å². The van der Waals surface area contributed by atoms with Crippen LogP contribution in [0.15, 0.2) is 39.4 Å². The number of ether oxygens (including phenoxy) is 2. The van der Waals surface area contributed by atoms with E-state index in [1.165, 1.54) is 19.4 Å². The molecule has 1 aliphatic rings. The van der Waals surface area contributed by atoms with Crippen molar-refractivity contribution < 1.29 is 23.9 Å². The Morgan fingerprint density at radius 1 is 1.38 bits per heavy atom. The lowest BCUT2D eigenvalue weighted by atomic mass is 10.1. The molecule has 10 heteroatoms. The molecule has 0 saturated carbocycles. The van der Waals surface area contributed by atoms with Gasteiger partial charge in [0.1, 0.15) is 0 Å². The van der Waals surface area contributed by atoms with Gasteiger partial charge < -0.3 is 9.47 Å². The molecule has 1 amide bonds. The highest BCUT2D eigenvalue weighted by molar-refractivity contribution is 8.18. The second-order valence-electron chi connectivity index (χ2n) is 4.70. The van der Waals surface area contributed by atoms with Crippen LogP contribution in [0.1, 0.15) is 22.8 Å². The minimum absolute atomic E-state index is 0.160. The highest BCUT2D eigenvalue weighted by Crippen LogP contribution is 2.23. The molecule has 0 bridgehead atoms. The maximum absolute atomic E-state index is 11.7. The zero-order chi connectivity index (χ0) is 19.1. The summed E-state index contributed by atoms with van der Waals surface area (Å²) in [7, 11) is 1.22. The number of amidine groups is 1. The molecule has 0 unspecified atom stereocenters. The predicted molar refractivity (Wildman–Crippen MR) is 98.3 cm³/mol. The number of halogens is 1. The van der Waals surface area contributed by atoms with Gasteiger partial charge in [-0.25, -0.2) is 9.59 Å². The third kappa shape index (κ3) is 5.17. The Kier molecular flexibility index (Phi) is 6.93. The van der Waals surface area contributed by atoms with E-state index >= 15 is 0 Å². The molecule has 0 aromatic heterocycles. The number of benzene rings is 1. The van der Waals surface area contributed by atoms with Gasteiger partial charge in [0.15, 0.2) is 5.17 Å². The lowest BCUT2D eigenvalue weighted by Crippen LogP contribution is -2.19. The molecule has 1 heterocycles. The van der Waals surface area contributed by atoms with Crippen LogP contribution in [-0.4, -0.2) is 42.9 Å². The number of hydrogen-bond acceptors (Lipinski definition) is 8. The maximum Gasteiger partial charge on any atom is 0.339 e. The topological polar surface area (TPSA) is 106 Å². The molecule has 136 valence electrons. The molecule has 0 aliphatic carbocycles. The second-order valence-corrected chi connectivity index (χ2v) is 6.14. The molecule has 0 atom stereocenters. The van der Waals surface area contributed by atoms with Gasteiger partial charge in [0.25, 0.3) is 5.91 Å². The Hall–Kier alpha value is -2.65. The first kappa shape index (κ1) is 19.7. The summed E-state index contributed by atoms with van der Waals surface area (Å²) in [4.78, 5) is 34.7. The van der Waals surface area contributed by atoms with Crippen molar-refractivity contribution in [2.75, 3.05) is 13.7 Å². The quantitative estimate of drug-likeness (QED) is 0.354. The van der Waals surface area contributed by atoms with Gasteiger partial charge in [0.2, 0.25) is 0 Å². The second kappa shape index (κ2) is 9.16. The Balaban J connectivity index is 2.07. The van der Waals surface area contributed by atoms with E-state index in [9.17, 15) is 14.4 Å². The van der Waals surface area contributed by atoms with Gasteiger partial charge in [-0.05, 0) is 36.4 Å². The Bertz CT molecular complexity index is 835. The Labute approximate surface area is 158 Å². The van der Waals surface area contributed by atoms with Gasteiger partial charge in [0.05, 0.1) is 35.4 Å². The number of nitrogens with one attached hydrogen (secondary N) is 1. The monoisotopic (exact) mass is 395 g/mol. The first-order valence-corrected chi connectivity index (χ1v) is 8.50. The minimum Gasteiger partial charge on any atom is -0.466 e. The van der Waals surface area contributed by atoms with Crippen LogP contribution in [0.4, 0.5) is 0 Å². The highest BCUT2D eigenvalue weighted by Gasteiger charge is 2.25. The van der Waals surface area contributed by atoms with Crippen LogP contribution in [0, 0.1) is 0 Å². The predicted octanol–water partition coefficient (Wildman–Crippen LogP) is 2.13. The van der Waals surface area contributed by atoms with E-state index < -0.39 is 17.8 Å². The molecule has 0 radical (unpaired) electrons. The average molecular weight is 396 g/mol. The zero-order valence-electron chi connectivity index (χ0n) is 13.8. The molecular weight excluding hydrogens is 382 g/mol. The minimum atomic E-state index is -0.635. The average Bonchev–Trinajstić information content (AvgIpc) is 2.94. The number of rotatable bonds is 5. The van der Waals surface area contributed by atoms with Crippen molar-refractivity contribution in [1.29, 1.82) is 0 Å². The number of esters is 2. The summed E-state index contributed by atoms with van der Waals surface area (Å²) in [6.45, 7) is 1.96. The molecule has 1 fully saturated rings. The fourth-order valence-corrected chi connectivity index (χ4v) is 2.78. The lowest BCUT2D eigenvalue weighted by Gasteiger charge is -2.04. The van der Waals surface area contributed by atoms with E-state index in [0.717, 1.165) is 17.8 Å². The number of nitrogens with zero attached hydrogens (tertiary/aromatic N) is 2. The van der Waals surface area contributed by atoms with Gasteiger partial charge in [0, 0.05) is 6.08 Å². The van der Waals surface area contributed by atoms with Gasteiger partial charge in [-0.15, -0.1) is 5.10 Å². The van der Waals surface area contributed by atoms with E-state index in [1.54, 1.807) is 19.1 Å². The summed E-state index contributed by atoms with van der Waals surface area (Å²) in [5.41, 5.74) is 0.861. The molecule has 8 nitrogen and oxygen atoms in total. The van der Waals surface area contributed by atoms with Crippen LogP contribution in [0.25, 0.3) is 0 Å². The molecule has 1 aliphatic heterocycles. The van der Waals surface area contributed by atoms with E-state index in [2.05, 4.69) is 20.3 Å². The highest BCUT2D eigenvalue weighted by atomic mass is 35.5. The van der Waals surface area contributed by atoms with Gasteiger partial charge >= 0.3 is 11.9 Å². The summed E-state index contributed by atoms with van der Waals surface area (Å²) in [6, 6.07) is 4.70. The number of carbonyl (C=O) groups is 3. The van der Waals surface area contributed by atoms with Crippen molar-refractivity contribution >= 4 is 52.6 Å². The number of carbonyl (C=O) groups excluding carboxylic acids is 3. The molecule has 1 aromatic rings. The third-order valence-electron chi connectivity index (χ3n) is 2.94.